The average Bonchev–Trinajstić information content (AvgIpc) is 3.06. The van der Waals surface area contributed by atoms with Gasteiger partial charge in [0.25, 0.3) is 6.43 Å². The number of nitrogens with one attached hydrogen (secondary N) is 1. The highest BCUT2D eigenvalue weighted by Gasteiger charge is 2.37. The normalized spacial score (nSPS) is 21.0. The Balaban J connectivity index is 1.56. The van der Waals surface area contributed by atoms with Gasteiger partial charge in [0.2, 0.25) is 5.91 Å². The molecular formula is C23H30ClF2N3O. The molecule has 4 rings (SSSR count). The number of alkyl halides is 2. The maximum absolute atomic E-state index is 13.5. The Labute approximate surface area is 181 Å². The highest BCUT2D eigenvalue weighted by molar-refractivity contribution is 6.31. The van der Waals surface area contributed by atoms with Crippen molar-refractivity contribution in [2.75, 3.05) is 26.2 Å². The van der Waals surface area contributed by atoms with Gasteiger partial charge in [-0.15, -0.1) is 0 Å². The summed E-state index contributed by atoms with van der Waals surface area (Å²) < 4.78 is 25.3. The summed E-state index contributed by atoms with van der Waals surface area (Å²) in [6.45, 7) is 6.00. The lowest BCUT2D eigenvalue weighted by Gasteiger charge is -2.40. The molecule has 2 aliphatic rings. The molecule has 1 saturated heterocycles. The van der Waals surface area contributed by atoms with Crippen LogP contribution in [-0.2, 0) is 11.2 Å². The van der Waals surface area contributed by atoms with E-state index in [0.29, 0.717) is 38.4 Å². The van der Waals surface area contributed by atoms with Crippen molar-refractivity contribution in [2.24, 2.45) is 11.8 Å². The first-order valence-electron chi connectivity index (χ1n) is 10.9. The van der Waals surface area contributed by atoms with Crippen LogP contribution in [0.2, 0.25) is 5.02 Å². The van der Waals surface area contributed by atoms with Crippen molar-refractivity contribution in [1.29, 1.82) is 0 Å². The van der Waals surface area contributed by atoms with Gasteiger partial charge in [-0.25, -0.2) is 8.78 Å². The van der Waals surface area contributed by atoms with Crippen LogP contribution in [0.5, 0.6) is 0 Å². The number of carbonyl (C=O) groups excluding carboxylic acids is 1. The van der Waals surface area contributed by atoms with E-state index < -0.39 is 6.43 Å². The second-order valence-electron chi connectivity index (χ2n) is 9.10. The second kappa shape index (κ2) is 8.83. The molecule has 7 heteroatoms. The summed E-state index contributed by atoms with van der Waals surface area (Å²) in [5.41, 5.74) is 3.47. The molecule has 1 N–H and O–H groups in total. The highest BCUT2D eigenvalue weighted by atomic mass is 35.5. The molecule has 4 nitrogen and oxygen atoms in total. The van der Waals surface area contributed by atoms with Crippen LogP contribution >= 0.6 is 11.6 Å². The Morgan fingerprint density at radius 1 is 1.23 bits per heavy atom. The molecule has 0 aliphatic carbocycles. The van der Waals surface area contributed by atoms with E-state index >= 15 is 0 Å². The first kappa shape index (κ1) is 21.6. The van der Waals surface area contributed by atoms with E-state index in [1.807, 2.05) is 23.1 Å². The van der Waals surface area contributed by atoms with Crippen LogP contribution < -0.4 is 0 Å². The number of H-pyrrole nitrogens is 1. The second-order valence-corrected chi connectivity index (χ2v) is 9.54. The van der Waals surface area contributed by atoms with Crippen LogP contribution in [0.1, 0.15) is 50.4 Å². The molecule has 0 spiro atoms. The molecule has 2 aromatic rings. The van der Waals surface area contributed by atoms with Crippen LogP contribution in [0.4, 0.5) is 8.78 Å². The number of fused-ring (bicyclic) bond motifs is 3. The maximum atomic E-state index is 13.5. The van der Waals surface area contributed by atoms with Gasteiger partial charge in [0.15, 0.2) is 0 Å². The molecule has 30 heavy (non-hydrogen) atoms. The SMILES string of the molecule is CC(C)CC1c2[nH]c3ccc(Cl)cc3c2CCN1C(=O)C1CCN(CC(F)F)CC1. The van der Waals surface area contributed by atoms with E-state index in [-0.39, 0.29) is 24.4 Å². The largest absolute Gasteiger partial charge is 0.356 e. The van der Waals surface area contributed by atoms with Crippen LogP contribution in [0.3, 0.4) is 0 Å². The van der Waals surface area contributed by atoms with E-state index in [9.17, 15) is 13.6 Å². The zero-order valence-electron chi connectivity index (χ0n) is 17.6. The lowest BCUT2D eigenvalue weighted by atomic mass is 9.88. The van der Waals surface area contributed by atoms with Gasteiger partial charge in [-0.2, -0.15) is 0 Å². The smallest absolute Gasteiger partial charge is 0.251 e. The quantitative estimate of drug-likeness (QED) is 0.692. The molecule has 1 atom stereocenters. The predicted molar refractivity (Wildman–Crippen MR) is 116 cm³/mol. The van der Waals surface area contributed by atoms with Gasteiger partial charge in [0, 0.05) is 34.1 Å². The van der Waals surface area contributed by atoms with Gasteiger partial charge in [-0.1, -0.05) is 25.4 Å². The molecule has 0 radical (unpaired) electrons. The number of halogens is 3. The minimum Gasteiger partial charge on any atom is -0.356 e. The van der Waals surface area contributed by atoms with Crippen molar-refractivity contribution in [2.45, 2.75) is 52.0 Å². The number of carbonyl (C=O) groups is 1. The molecule has 1 aromatic heterocycles. The third kappa shape index (κ3) is 4.35. The Bertz CT molecular complexity index is 905. The number of benzene rings is 1. The third-order valence-electron chi connectivity index (χ3n) is 6.52. The van der Waals surface area contributed by atoms with Crippen LogP contribution in [0.15, 0.2) is 18.2 Å². The Morgan fingerprint density at radius 2 is 1.97 bits per heavy atom. The predicted octanol–water partition coefficient (Wildman–Crippen LogP) is 5.27. The van der Waals surface area contributed by atoms with Gasteiger partial charge in [-0.3, -0.25) is 9.69 Å². The zero-order chi connectivity index (χ0) is 21.4. The summed E-state index contributed by atoms with van der Waals surface area (Å²) in [6, 6.07) is 5.92. The van der Waals surface area contributed by atoms with Gasteiger partial charge in [0.1, 0.15) is 0 Å². The van der Waals surface area contributed by atoms with Gasteiger partial charge >= 0.3 is 0 Å². The Hall–Kier alpha value is -1.66. The average molecular weight is 438 g/mol. The number of rotatable bonds is 5. The first-order chi connectivity index (χ1) is 14.3. The molecule has 1 aromatic carbocycles. The lowest BCUT2D eigenvalue weighted by molar-refractivity contribution is -0.140. The summed E-state index contributed by atoms with van der Waals surface area (Å²) in [7, 11) is 0. The number of hydrogen-bond donors (Lipinski definition) is 1. The molecular weight excluding hydrogens is 408 g/mol. The van der Waals surface area contributed by atoms with E-state index in [4.69, 9.17) is 11.6 Å². The van der Waals surface area contributed by atoms with Gasteiger partial charge < -0.3 is 9.88 Å². The van der Waals surface area contributed by atoms with Crippen molar-refractivity contribution < 1.29 is 13.6 Å². The summed E-state index contributed by atoms with van der Waals surface area (Å²) in [6.07, 6.45) is 0.699. The monoisotopic (exact) mass is 437 g/mol. The molecule has 0 bridgehead atoms. The van der Waals surface area contributed by atoms with Crippen molar-refractivity contribution in [1.82, 2.24) is 14.8 Å². The minimum absolute atomic E-state index is 0.0199. The molecule has 2 aliphatic heterocycles. The lowest BCUT2D eigenvalue weighted by Crippen LogP contribution is -2.47. The number of hydrogen-bond acceptors (Lipinski definition) is 2. The van der Waals surface area contributed by atoms with Crippen LogP contribution in [0.25, 0.3) is 10.9 Å². The van der Waals surface area contributed by atoms with E-state index in [2.05, 4.69) is 18.8 Å². The van der Waals surface area contributed by atoms with Crippen molar-refractivity contribution in [3.8, 4) is 0 Å². The highest BCUT2D eigenvalue weighted by Crippen LogP contribution is 2.39. The standard InChI is InChI=1S/C23H30ClF2N3O/c1-14(2)11-20-22-17(18-12-16(24)3-4-19(18)27-22)7-10-29(20)23(30)15-5-8-28(9-6-15)13-21(25)26/h3-4,12,14-15,20-21,27H,5-11,13H2,1-2H3. The summed E-state index contributed by atoms with van der Waals surface area (Å²) in [4.78, 5) is 20.9. The zero-order valence-corrected chi connectivity index (χ0v) is 18.4. The van der Waals surface area contributed by atoms with Crippen molar-refractivity contribution in [3.63, 3.8) is 0 Å². The topological polar surface area (TPSA) is 39.3 Å². The molecule has 3 heterocycles. The number of amides is 1. The molecule has 1 unspecified atom stereocenters. The number of likely N-dealkylation sites (tertiary alicyclic amines) is 1. The fourth-order valence-electron chi connectivity index (χ4n) is 5.09. The van der Waals surface area contributed by atoms with Crippen molar-refractivity contribution >= 4 is 28.4 Å². The fraction of sp³-hybridized carbons (Fsp3) is 0.609. The van der Waals surface area contributed by atoms with E-state index in [0.717, 1.165) is 34.5 Å². The molecule has 1 fully saturated rings. The molecule has 164 valence electrons. The maximum Gasteiger partial charge on any atom is 0.251 e. The van der Waals surface area contributed by atoms with Gasteiger partial charge in [-0.05, 0) is 68.5 Å². The third-order valence-corrected chi connectivity index (χ3v) is 6.76. The number of aromatic nitrogens is 1. The van der Waals surface area contributed by atoms with Crippen molar-refractivity contribution in [3.05, 3.63) is 34.5 Å². The number of aromatic amines is 1. The minimum atomic E-state index is -2.32. The number of nitrogens with zero attached hydrogens (tertiary/aromatic N) is 2. The molecule has 1 amide bonds. The van der Waals surface area contributed by atoms with E-state index in [1.165, 1.54) is 5.56 Å². The summed E-state index contributed by atoms with van der Waals surface area (Å²) in [5, 5.41) is 1.87. The van der Waals surface area contributed by atoms with Crippen LogP contribution in [-0.4, -0.2) is 53.3 Å². The fourth-order valence-corrected chi connectivity index (χ4v) is 5.26. The van der Waals surface area contributed by atoms with Gasteiger partial charge in [0.05, 0.1) is 12.6 Å². The Kier molecular flexibility index (Phi) is 6.35. The number of piperidine rings is 1. The van der Waals surface area contributed by atoms with Crippen LogP contribution in [0, 0.1) is 11.8 Å². The first-order valence-corrected chi connectivity index (χ1v) is 11.3. The summed E-state index contributed by atoms with van der Waals surface area (Å²) >= 11 is 6.23. The van der Waals surface area contributed by atoms with E-state index in [1.54, 1.807) is 4.90 Å². The molecule has 0 saturated carbocycles. The summed E-state index contributed by atoms with van der Waals surface area (Å²) in [5.74, 6) is 0.549. The Morgan fingerprint density at radius 3 is 2.63 bits per heavy atom.